The van der Waals surface area contributed by atoms with E-state index in [4.69, 9.17) is 31.0 Å². The normalized spacial score (nSPS) is 17.8. The molecule has 2 aromatic rings. The van der Waals surface area contributed by atoms with Crippen molar-refractivity contribution in [2.24, 2.45) is 0 Å². The zero-order valence-electron chi connectivity index (χ0n) is 22.2. The number of likely N-dealkylation sites (tertiary alicyclic amines) is 1. The highest BCUT2D eigenvalue weighted by Crippen LogP contribution is 2.35. The monoisotopic (exact) mass is 532 g/mol. The number of benzene rings is 1. The highest BCUT2D eigenvalue weighted by Gasteiger charge is 2.26. The van der Waals surface area contributed by atoms with E-state index >= 15 is 0 Å². The molecule has 0 radical (unpaired) electrons. The molecule has 2 fully saturated rings. The average molecular weight is 533 g/mol. The lowest BCUT2D eigenvalue weighted by atomic mass is 9.99. The van der Waals surface area contributed by atoms with Crippen LogP contribution in [0.4, 0.5) is 11.8 Å². The number of halogens is 1. The summed E-state index contributed by atoms with van der Waals surface area (Å²) in [6.45, 7) is 3.42. The Morgan fingerprint density at radius 2 is 1.70 bits per heavy atom. The fraction of sp³-hybridized carbons (Fsp3) is 0.667. The highest BCUT2D eigenvalue weighted by atomic mass is 35.5. The number of carbonyl (C=O) groups excluding carboxylic acids is 1. The standard InChI is InChI=1S/C27H41ClN6O3/c1-36-23-16-21-22(17-24(23)37-2)32-27(30-13-7-12-29-25(35)18-28)33-26(21)31-19-10-14-34(15-11-19)20-8-5-3-4-6-9-20/h16-17,19-20H,3-15,18H2,1-2H3,(H,29,35)(H2,30,31,32,33). The van der Waals surface area contributed by atoms with Crippen molar-refractivity contribution in [3.8, 4) is 11.5 Å². The second-order valence-electron chi connectivity index (χ2n) is 9.98. The Kier molecular flexibility index (Phi) is 10.3. The number of carbonyl (C=O) groups is 1. The number of ether oxygens (including phenoxy) is 2. The van der Waals surface area contributed by atoms with E-state index in [1.54, 1.807) is 14.2 Å². The van der Waals surface area contributed by atoms with Crippen LogP contribution in [0, 0.1) is 0 Å². The minimum absolute atomic E-state index is 0.0267. The minimum atomic E-state index is -0.166. The van der Waals surface area contributed by atoms with Crippen molar-refractivity contribution < 1.29 is 14.3 Å². The van der Waals surface area contributed by atoms with Crippen molar-refractivity contribution in [1.29, 1.82) is 0 Å². The van der Waals surface area contributed by atoms with E-state index in [0.717, 1.165) is 55.1 Å². The molecule has 4 rings (SSSR count). The lowest BCUT2D eigenvalue weighted by Crippen LogP contribution is -2.44. The number of aromatic nitrogens is 2. The summed E-state index contributed by atoms with van der Waals surface area (Å²) in [5.74, 6) is 2.44. The van der Waals surface area contributed by atoms with Crippen LogP contribution in [0.15, 0.2) is 12.1 Å². The molecule has 37 heavy (non-hydrogen) atoms. The van der Waals surface area contributed by atoms with Gasteiger partial charge in [-0.3, -0.25) is 4.79 Å². The number of hydrogen-bond donors (Lipinski definition) is 3. The van der Waals surface area contributed by atoms with Crippen molar-refractivity contribution in [3.05, 3.63) is 12.1 Å². The molecule has 1 amide bonds. The quantitative estimate of drug-likeness (QED) is 0.222. The van der Waals surface area contributed by atoms with Gasteiger partial charge in [0.15, 0.2) is 11.5 Å². The smallest absolute Gasteiger partial charge is 0.234 e. The van der Waals surface area contributed by atoms with Gasteiger partial charge in [0.2, 0.25) is 11.9 Å². The van der Waals surface area contributed by atoms with E-state index in [1.807, 2.05) is 12.1 Å². The van der Waals surface area contributed by atoms with Gasteiger partial charge in [-0.05, 0) is 38.2 Å². The number of piperidine rings is 1. The molecular weight excluding hydrogens is 492 g/mol. The molecular formula is C27H41ClN6O3. The van der Waals surface area contributed by atoms with E-state index in [1.165, 1.54) is 38.5 Å². The molecule has 2 aliphatic rings. The zero-order valence-corrected chi connectivity index (χ0v) is 22.9. The Hall–Kier alpha value is -2.52. The van der Waals surface area contributed by atoms with E-state index in [-0.39, 0.29) is 11.8 Å². The van der Waals surface area contributed by atoms with Crippen molar-refractivity contribution in [3.63, 3.8) is 0 Å². The molecule has 1 saturated heterocycles. The fourth-order valence-corrected chi connectivity index (χ4v) is 5.53. The van der Waals surface area contributed by atoms with Gasteiger partial charge in [-0.2, -0.15) is 4.98 Å². The zero-order chi connectivity index (χ0) is 26.0. The van der Waals surface area contributed by atoms with Gasteiger partial charge in [-0.25, -0.2) is 4.98 Å². The number of fused-ring (bicyclic) bond motifs is 1. The second-order valence-corrected chi connectivity index (χ2v) is 10.3. The van der Waals surface area contributed by atoms with Crippen LogP contribution < -0.4 is 25.4 Å². The summed E-state index contributed by atoms with van der Waals surface area (Å²) in [4.78, 5) is 23.6. The molecule has 9 nitrogen and oxygen atoms in total. The first-order valence-electron chi connectivity index (χ1n) is 13.6. The van der Waals surface area contributed by atoms with E-state index in [9.17, 15) is 4.79 Å². The van der Waals surface area contributed by atoms with Gasteiger partial charge in [0.05, 0.1) is 19.7 Å². The number of alkyl halides is 1. The van der Waals surface area contributed by atoms with Crippen LogP contribution in [0.1, 0.15) is 57.8 Å². The molecule has 0 unspecified atom stereocenters. The SMILES string of the molecule is COc1cc2nc(NCCCNC(=O)CCl)nc(NC3CCN(C4CCCCCC4)CC3)c2cc1OC. The van der Waals surface area contributed by atoms with Gasteiger partial charge in [0, 0.05) is 49.7 Å². The number of rotatable bonds is 11. The molecule has 1 aliphatic heterocycles. The Morgan fingerprint density at radius 1 is 1.00 bits per heavy atom. The maximum Gasteiger partial charge on any atom is 0.234 e. The summed E-state index contributed by atoms with van der Waals surface area (Å²) in [6, 6.07) is 4.95. The van der Waals surface area contributed by atoms with Crippen molar-refractivity contribution in [2.75, 3.05) is 56.9 Å². The van der Waals surface area contributed by atoms with Gasteiger partial charge in [-0.1, -0.05) is 25.7 Å². The first-order valence-corrected chi connectivity index (χ1v) is 14.2. The van der Waals surface area contributed by atoms with Crippen LogP contribution in [0.25, 0.3) is 10.9 Å². The summed E-state index contributed by atoms with van der Waals surface area (Å²) in [5.41, 5.74) is 0.781. The predicted octanol–water partition coefficient (Wildman–Crippen LogP) is 4.40. The van der Waals surface area contributed by atoms with Crippen LogP contribution in [0.5, 0.6) is 11.5 Å². The maximum absolute atomic E-state index is 11.3. The summed E-state index contributed by atoms with van der Waals surface area (Å²) in [7, 11) is 3.26. The Labute approximate surface area is 225 Å². The predicted molar refractivity (Wildman–Crippen MR) is 149 cm³/mol. The number of nitrogens with zero attached hydrogens (tertiary/aromatic N) is 3. The van der Waals surface area contributed by atoms with Crippen LogP contribution >= 0.6 is 11.6 Å². The molecule has 0 spiro atoms. The largest absolute Gasteiger partial charge is 0.493 e. The molecule has 3 N–H and O–H groups in total. The Balaban J connectivity index is 1.46. The van der Waals surface area contributed by atoms with Crippen molar-refractivity contribution in [2.45, 2.75) is 69.9 Å². The van der Waals surface area contributed by atoms with Crippen LogP contribution in [0.2, 0.25) is 0 Å². The first kappa shape index (κ1) is 27.5. The minimum Gasteiger partial charge on any atom is -0.493 e. The topological polar surface area (TPSA) is 101 Å². The van der Waals surface area contributed by atoms with Crippen molar-refractivity contribution in [1.82, 2.24) is 20.2 Å². The van der Waals surface area contributed by atoms with E-state index in [0.29, 0.717) is 36.6 Å². The number of nitrogens with one attached hydrogen (secondary N) is 3. The van der Waals surface area contributed by atoms with Gasteiger partial charge < -0.3 is 30.3 Å². The number of methoxy groups -OCH3 is 2. The third kappa shape index (κ3) is 7.51. The highest BCUT2D eigenvalue weighted by molar-refractivity contribution is 6.27. The lowest BCUT2D eigenvalue weighted by Gasteiger charge is -2.37. The van der Waals surface area contributed by atoms with Gasteiger partial charge in [-0.15, -0.1) is 11.6 Å². The number of anilines is 2. The average Bonchev–Trinajstić information content (AvgIpc) is 3.22. The molecule has 2 heterocycles. The fourth-order valence-electron chi connectivity index (χ4n) is 5.43. The summed E-state index contributed by atoms with van der Waals surface area (Å²) < 4.78 is 11.1. The summed E-state index contributed by atoms with van der Waals surface area (Å²) in [5, 5.41) is 10.7. The van der Waals surface area contributed by atoms with E-state index < -0.39 is 0 Å². The van der Waals surface area contributed by atoms with Gasteiger partial charge in [0.25, 0.3) is 0 Å². The molecule has 1 aliphatic carbocycles. The Morgan fingerprint density at radius 3 is 2.38 bits per heavy atom. The Bertz CT molecular complexity index is 1020. The third-order valence-electron chi connectivity index (χ3n) is 7.49. The molecule has 0 bridgehead atoms. The third-order valence-corrected chi connectivity index (χ3v) is 7.74. The lowest BCUT2D eigenvalue weighted by molar-refractivity contribution is -0.118. The molecule has 1 aromatic heterocycles. The van der Waals surface area contributed by atoms with Crippen LogP contribution in [-0.4, -0.2) is 79.1 Å². The van der Waals surface area contributed by atoms with Crippen molar-refractivity contribution >= 4 is 40.2 Å². The summed E-state index contributed by atoms with van der Waals surface area (Å²) in [6.07, 6.45) is 11.1. The molecule has 10 heteroatoms. The first-order chi connectivity index (χ1) is 18.1. The molecule has 1 saturated carbocycles. The maximum atomic E-state index is 11.3. The van der Waals surface area contributed by atoms with Gasteiger partial charge >= 0.3 is 0 Å². The van der Waals surface area contributed by atoms with E-state index in [2.05, 4.69) is 20.9 Å². The van der Waals surface area contributed by atoms with Gasteiger partial charge in [0.1, 0.15) is 11.7 Å². The molecule has 1 aromatic carbocycles. The molecule has 204 valence electrons. The van der Waals surface area contributed by atoms with Crippen LogP contribution in [0.3, 0.4) is 0 Å². The summed E-state index contributed by atoms with van der Waals surface area (Å²) >= 11 is 5.54. The second kappa shape index (κ2) is 13.9. The number of amides is 1. The molecule has 0 atom stereocenters. The number of hydrogen-bond acceptors (Lipinski definition) is 8. The van der Waals surface area contributed by atoms with Crippen LogP contribution in [-0.2, 0) is 4.79 Å².